The highest BCUT2D eigenvalue weighted by molar-refractivity contribution is 5.68. The predicted molar refractivity (Wildman–Crippen MR) is 71.5 cm³/mol. The Hall–Kier alpha value is -2.10. The maximum atomic E-state index is 10.9. The van der Waals surface area contributed by atoms with E-state index in [0.717, 1.165) is 30.5 Å². The van der Waals surface area contributed by atoms with Crippen LogP contribution >= 0.6 is 0 Å². The minimum absolute atomic E-state index is 0.110. The fourth-order valence-electron chi connectivity index (χ4n) is 2.86. The van der Waals surface area contributed by atoms with E-state index in [1.54, 1.807) is 0 Å². The number of carbonyl (C=O) groups is 1. The molecule has 0 spiro atoms. The van der Waals surface area contributed by atoms with Crippen LogP contribution in [0.15, 0.2) is 36.5 Å². The first-order valence-electron chi connectivity index (χ1n) is 6.59. The summed E-state index contributed by atoms with van der Waals surface area (Å²) >= 11 is 0. The second-order valence-electron chi connectivity index (χ2n) is 4.98. The Bertz CT molecular complexity index is 589. The van der Waals surface area contributed by atoms with Crippen LogP contribution < -0.4 is 0 Å². The molecule has 1 heterocycles. The smallest absolute Gasteiger partial charge is 0.303 e. The highest BCUT2D eigenvalue weighted by Crippen LogP contribution is 2.34. The lowest BCUT2D eigenvalue weighted by Gasteiger charge is -2.21. The van der Waals surface area contributed by atoms with Crippen LogP contribution in [0, 0.1) is 0 Å². The third kappa shape index (κ3) is 2.26. The molecule has 1 atom stereocenters. The predicted octanol–water partition coefficient (Wildman–Crippen LogP) is 2.77. The molecule has 1 aliphatic carbocycles. The van der Waals surface area contributed by atoms with Gasteiger partial charge in [-0.2, -0.15) is 5.10 Å². The Morgan fingerprint density at radius 2 is 2.16 bits per heavy atom. The molecule has 98 valence electrons. The first kappa shape index (κ1) is 12.0. The molecule has 0 saturated heterocycles. The molecule has 4 heteroatoms. The molecule has 4 nitrogen and oxygen atoms in total. The first-order chi connectivity index (χ1) is 9.25. The number of para-hydroxylation sites is 1. The zero-order chi connectivity index (χ0) is 13.2. The average Bonchev–Trinajstić information content (AvgIpc) is 2.84. The number of benzene rings is 1. The number of carboxylic acids is 1. The Labute approximate surface area is 111 Å². The monoisotopic (exact) mass is 256 g/mol. The second kappa shape index (κ2) is 4.88. The number of fused-ring (bicyclic) bond motifs is 1. The summed E-state index contributed by atoms with van der Waals surface area (Å²) in [6, 6.07) is 10.00. The van der Waals surface area contributed by atoms with Crippen molar-refractivity contribution in [1.82, 2.24) is 9.78 Å². The lowest BCUT2D eigenvalue weighted by atomic mass is 9.85. The van der Waals surface area contributed by atoms with Gasteiger partial charge in [0.1, 0.15) is 0 Å². The SMILES string of the molecule is O=C(O)C[C@@H]1CCCc2c1cnn2-c1ccccc1. The molecule has 0 saturated carbocycles. The van der Waals surface area contributed by atoms with Crippen LogP contribution in [-0.4, -0.2) is 20.9 Å². The normalized spacial score (nSPS) is 18.0. The summed E-state index contributed by atoms with van der Waals surface area (Å²) in [6.45, 7) is 0. The molecule has 0 aliphatic heterocycles. The van der Waals surface area contributed by atoms with Crippen molar-refractivity contribution in [2.75, 3.05) is 0 Å². The summed E-state index contributed by atoms with van der Waals surface area (Å²) in [7, 11) is 0. The highest BCUT2D eigenvalue weighted by atomic mass is 16.4. The average molecular weight is 256 g/mol. The summed E-state index contributed by atoms with van der Waals surface area (Å²) in [4.78, 5) is 10.9. The standard InChI is InChI=1S/C15H16N2O2/c18-15(19)9-11-5-4-8-14-13(11)10-16-17(14)12-6-2-1-3-7-12/h1-3,6-7,10-11H,4-5,8-9H2,(H,18,19)/t11-/m0/s1. The Morgan fingerprint density at radius 1 is 1.37 bits per heavy atom. The van der Waals surface area contributed by atoms with E-state index in [1.807, 2.05) is 41.2 Å². The maximum absolute atomic E-state index is 10.9. The van der Waals surface area contributed by atoms with Gasteiger partial charge in [0.05, 0.1) is 18.3 Å². The minimum atomic E-state index is -0.731. The summed E-state index contributed by atoms with van der Waals surface area (Å²) in [5.41, 5.74) is 3.32. The Kier molecular flexibility index (Phi) is 3.07. The van der Waals surface area contributed by atoms with Crippen molar-refractivity contribution < 1.29 is 9.90 Å². The van der Waals surface area contributed by atoms with Crippen LogP contribution in [0.25, 0.3) is 5.69 Å². The maximum Gasteiger partial charge on any atom is 0.303 e. The molecule has 1 aromatic heterocycles. The highest BCUT2D eigenvalue weighted by Gasteiger charge is 2.26. The molecule has 2 aromatic rings. The van der Waals surface area contributed by atoms with Gasteiger partial charge in [-0.1, -0.05) is 18.2 Å². The molecule has 0 fully saturated rings. The minimum Gasteiger partial charge on any atom is -0.481 e. The van der Waals surface area contributed by atoms with Crippen LogP contribution in [0.1, 0.15) is 36.4 Å². The van der Waals surface area contributed by atoms with E-state index in [2.05, 4.69) is 5.10 Å². The van der Waals surface area contributed by atoms with Crippen LogP contribution in [0.3, 0.4) is 0 Å². The molecule has 1 aliphatic rings. The van der Waals surface area contributed by atoms with Crippen LogP contribution in [0.5, 0.6) is 0 Å². The van der Waals surface area contributed by atoms with Crippen molar-refractivity contribution in [3.05, 3.63) is 47.8 Å². The number of hydrogen-bond donors (Lipinski definition) is 1. The molecule has 0 unspecified atom stereocenters. The van der Waals surface area contributed by atoms with Gasteiger partial charge in [0.15, 0.2) is 0 Å². The van der Waals surface area contributed by atoms with E-state index in [-0.39, 0.29) is 12.3 Å². The summed E-state index contributed by atoms with van der Waals surface area (Å²) in [5.74, 6) is -0.621. The van der Waals surface area contributed by atoms with E-state index in [4.69, 9.17) is 5.11 Å². The van der Waals surface area contributed by atoms with E-state index >= 15 is 0 Å². The van der Waals surface area contributed by atoms with Crippen molar-refractivity contribution in [3.8, 4) is 5.69 Å². The number of nitrogens with zero attached hydrogens (tertiary/aromatic N) is 2. The van der Waals surface area contributed by atoms with Crippen LogP contribution in [-0.2, 0) is 11.2 Å². The van der Waals surface area contributed by atoms with Gasteiger partial charge in [-0.05, 0) is 42.9 Å². The van der Waals surface area contributed by atoms with Crippen molar-refractivity contribution in [3.63, 3.8) is 0 Å². The second-order valence-corrected chi connectivity index (χ2v) is 4.98. The number of aromatic nitrogens is 2. The van der Waals surface area contributed by atoms with Crippen LogP contribution in [0.2, 0.25) is 0 Å². The molecule has 3 rings (SSSR count). The zero-order valence-corrected chi connectivity index (χ0v) is 10.6. The number of hydrogen-bond acceptors (Lipinski definition) is 2. The van der Waals surface area contributed by atoms with Crippen molar-refractivity contribution in [2.24, 2.45) is 0 Å². The molecule has 0 bridgehead atoms. The molecule has 0 amide bonds. The first-order valence-corrected chi connectivity index (χ1v) is 6.59. The summed E-state index contributed by atoms with van der Waals surface area (Å²) < 4.78 is 1.95. The van der Waals surface area contributed by atoms with Gasteiger partial charge in [-0.3, -0.25) is 4.79 Å². The van der Waals surface area contributed by atoms with Gasteiger partial charge < -0.3 is 5.11 Å². The molecule has 0 radical (unpaired) electrons. The van der Waals surface area contributed by atoms with Gasteiger partial charge >= 0.3 is 5.97 Å². The van der Waals surface area contributed by atoms with Crippen molar-refractivity contribution in [2.45, 2.75) is 31.6 Å². The van der Waals surface area contributed by atoms with E-state index < -0.39 is 5.97 Å². The lowest BCUT2D eigenvalue weighted by molar-refractivity contribution is -0.137. The van der Waals surface area contributed by atoms with Gasteiger partial charge in [0, 0.05) is 5.69 Å². The third-order valence-electron chi connectivity index (χ3n) is 3.73. The summed E-state index contributed by atoms with van der Waals surface area (Å²) in [5, 5.41) is 13.4. The quantitative estimate of drug-likeness (QED) is 0.918. The van der Waals surface area contributed by atoms with Crippen molar-refractivity contribution in [1.29, 1.82) is 0 Å². The fraction of sp³-hybridized carbons (Fsp3) is 0.333. The molecule has 1 aromatic carbocycles. The fourth-order valence-corrected chi connectivity index (χ4v) is 2.86. The zero-order valence-electron chi connectivity index (χ0n) is 10.6. The lowest BCUT2D eigenvalue weighted by Crippen LogP contribution is -2.14. The molecular formula is C15H16N2O2. The molecule has 1 N–H and O–H groups in total. The van der Waals surface area contributed by atoms with Gasteiger partial charge in [-0.15, -0.1) is 0 Å². The van der Waals surface area contributed by atoms with E-state index in [9.17, 15) is 4.79 Å². The number of carboxylic acid groups (broad SMARTS) is 1. The van der Waals surface area contributed by atoms with E-state index in [1.165, 1.54) is 5.69 Å². The van der Waals surface area contributed by atoms with Gasteiger partial charge in [0.2, 0.25) is 0 Å². The topological polar surface area (TPSA) is 55.1 Å². The molecular weight excluding hydrogens is 240 g/mol. The Balaban J connectivity index is 1.98. The van der Waals surface area contributed by atoms with E-state index in [0.29, 0.717) is 0 Å². The van der Waals surface area contributed by atoms with Gasteiger partial charge in [-0.25, -0.2) is 4.68 Å². The largest absolute Gasteiger partial charge is 0.481 e. The van der Waals surface area contributed by atoms with Gasteiger partial charge in [0.25, 0.3) is 0 Å². The third-order valence-corrected chi connectivity index (χ3v) is 3.73. The number of rotatable bonds is 3. The van der Waals surface area contributed by atoms with Crippen LogP contribution in [0.4, 0.5) is 0 Å². The molecule has 19 heavy (non-hydrogen) atoms. The number of aliphatic carboxylic acids is 1. The van der Waals surface area contributed by atoms with Crippen molar-refractivity contribution >= 4 is 5.97 Å². The summed E-state index contributed by atoms with van der Waals surface area (Å²) in [6.07, 6.45) is 4.99. The Morgan fingerprint density at radius 3 is 2.89 bits per heavy atom.